The molecule has 1 fully saturated rings. The van der Waals surface area contributed by atoms with Crippen molar-refractivity contribution >= 4 is 22.6 Å². The fourth-order valence-electron chi connectivity index (χ4n) is 2.56. The Kier molecular flexibility index (Phi) is 3.28. The van der Waals surface area contributed by atoms with E-state index >= 15 is 0 Å². The number of aromatic nitrogens is 1. The van der Waals surface area contributed by atoms with Gasteiger partial charge in [-0.15, -0.1) is 0 Å². The van der Waals surface area contributed by atoms with Crippen molar-refractivity contribution in [3.63, 3.8) is 0 Å². The number of carboxylic acid groups (broad SMARTS) is 1. The first-order valence-electron chi connectivity index (χ1n) is 6.71. The molecule has 104 valence electrons. The van der Waals surface area contributed by atoms with Gasteiger partial charge in [-0.05, 0) is 30.6 Å². The lowest BCUT2D eigenvalue weighted by molar-refractivity contribution is 0.0697. The number of fused-ring (bicyclic) bond motifs is 1. The summed E-state index contributed by atoms with van der Waals surface area (Å²) < 4.78 is 0. The number of benzene rings is 1. The van der Waals surface area contributed by atoms with E-state index in [9.17, 15) is 4.79 Å². The van der Waals surface area contributed by atoms with Crippen molar-refractivity contribution in [1.29, 1.82) is 0 Å². The van der Waals surface area contributed by atoms with Crippen molar-refractivity contribution in [3.8, 4) is 0 Å². The monoisotopic (exact) mass is 271 g/mol. The average Bonchev–Trinajstić information content (AvgIpc) is 2.47. The molecule has 5 heteroatoms. The maximum Gasteiger partial charge on any atom is 0.335 e. The molecular formula is C15H17N3O2. The van der Waals surface area contributed by atoms with Gasteiger partial charge in [0.15, 0.2) is 0 Å². The number of hydrogen-bond donors (Lipinski definition) is 1. The molecule has 1 N–H and O–H groups in total. The third-order valence-electron chi connectivity index (χ3n) is 3.79. The van der Waals surface area contributed by atoms with Crippen LogP contribution in [0.5, 0.6) is 0 Å². The molecule has 0 saturated carbocycles. The zero-order valence-corrected chi connectivity index (χ0v) is 11.4. The van der Waals surface area contributed by atoms with Crippen LogP contribution in [0.3, 0.4) is 0 Å². The first-order valence-corrected chi connectivity index (χ1v) is 6.71. The quantitative estimate of drug-likeness (QED) is 0.900. The summed E-state index contributed by atoms with van der Waals surface area (Å²) in [5.74, 6) is -0.0150. The molecule has 0 unspecified atom stereocenters. The summed E-state index contributed by atoms with van der Waals surface area (Å²) in [5, 5.41) is 11.1. The highest BCUT2D eigenvalue weighted by molar-refractivity contribution is 5.98. The normalized spacial score (nSPS) is 16.6. The number of carboxylic acids is 1. The predicted molar refractivity (Wildman–Crippen MR) is 78.4 cm³/mol. The Morgan fingerprint density at radius 2 is 1.95 bits per heavy atom. The Balaban J connectivity index is 2.05. The van der Waals surface area contributed by atoms with E-state index in [0.29, 0.717) is 5.56 Å². The van der Waals surface area contributed by atoms with Crippen LogP contribution < -0.4 is 4.90 Å². The Morgan fingerprint density at radius 1 is 1.20 bits per heavy atom. The van der Waals surface area contributed by atoms with E-state index in [1.807, 2.05) is 12.1 Å². The number of anilines is 1. The van der Waals surface area contributed by atoms with Crippen molar-refractivity contribution in [2.24, 2.45) is 0 Å². The second kappa shape index (κ2) is 5.09. The van der Waals surface area contributed by atoms with Crippen molar-refractivity contribution in [2.45, 2.75) is 0 Å². The van der Waals surface area contributed by atoms with Gasteiger partial charge in [0.25, 0.3) is 0 Å². The minimum Gasteiger partial charge on any atom is -0.478 e. The molecule has 1 aromatic carbocycles. The molecule has 0 radical (unpaired) electrons. The zero-order valence-electron chi connectivity index (χ0n) is 11.4. The van der Waals surface area contributed by atoms with E-state index in [1.165, 1.54) is 0 Å². The molecule has 1 aliphatic heterocycles. The number of rotatable bonds is 2. The van der Waals surface area contributed by atoms with Gasteiger partial charge in [-0.3, -0.25) is 0 Å². The molecule has 0 bridgehead atoms. The summed E-state index contributed by atoms with van der Waals surface area (Å²) in [6.07, 6.45) is 1.79. The highest BCUT2D eigenvalue weighted by Gasteiger charge is 2.18. The molecule has 0 amide bonds. The highest BCUT2D eigenvalue weighted by atomic mass is 16.4. The van der Waals surface area contributed by atoms with Gasteiger partial charge in [-0.2, -0.15) is 0 Å². The van der Waals surface area contributed by atoms with Crippen molar-refractivity contribution in [2.75, 3.05) is 38.1 Å². The van der Waals surface area contributed by atoms with Gasteiger partial charge < -0.3 is 14.9 Å². The van der Waals surface area contributed by atoms with Crippen LogP contribution >= 0.6 is 0 Å². The molecule has 2 heterocycles. The van der Waals surface area contributed by atoms with Gasteiger partial charge in [0.05, 0.1) is 5.56 Å². The van der Waals surface area contributed by atoms with Crippen molar-refractivity contribution < 1.29 is 9.90 Å². The number of aromatic carboxylic acids is 1. The molecule has 2 aromatic rings. The molecule has 1 aromatic heterocycles. The van der Waals surface area contributed by atoms with E-state index in [1.54, 1.807) is 18.3 Å². The number of likely N-dealkylation sites (N-methyl/N-ethyl adjacent to an activating group) is 1. The second-order valence-corrected chi connectivity index (χ2v) is 5.17. The van der Waals surface area contributed by atoms with Crippen LogP contribution in [-0.4, -0.2) is 54.2 Å². The summed E-state index contributed by atoms with van der Waals surface area (Å²) >= 11 is 0. The predicted octanol–water partition coefficient (Wildman–Crippen LogP) is 1.68. The topological polar surface area (TPSA) is 56.7 Å². The standard InChI is InChI=1S/C15H17N3O2/c1-17-6-8-18(9-7-17)14-13-10-12(15(19)20)3-2-11(13)4-5-16-14/h2-5,10H,6-9H2,1H3,(H,19,20). The fraction of sp³-hybridized carbons (Fsp3) is 0.333. The summed E-state index contributed by atoms with van der Waals surface area (Å²) in [4.78, 5) is 20.1. The van der Waals surface area contributed by atoms with Crippen LogP contribution in [0.2, 0.25) is 0 Å². The van der Waals surface area contributed by atoms with Crippen LogP contribution in [0.25, 0.3) is 10.8 Å². The van der Waals surface area contributed by atoms with Gasteiger partial charge in [0, 0.05) is 37.8 Å². The lowest BCUT2D eigenvalue weighted by atomic mass is 10.1. The highest BCUT2D eigenvalue weighted by Crippen LogP contribution is 2.26. The van der Waals surface area contributed by atoms with E-state index in [4.69, 9.17) is 5.11 Å². The molecule has 1 saturated heterocycles. The number of piperazine rings is 1. The maximum atomic E-state index is 11.1. The summed E-state index contributed by atoms with van der Waals surface area (Å²) in [7, 11) is 2.11. The molecular weight excluding hydrogens is 254 g/mol. The second-order valence-electron chi connectivity index (χ2n) is 5.17. The van der Waals surface area contributed by atoms with E-state index in [0.717, 1.165) is 42.8 Å². The number of carbonyl (C=O) groups is 1. The number of hydrogen-bond acceptors (Lipinski definition) is 4. The first kappa shape index (κ1) is 12.9. The molecule has 1 aliphatic rings. The summed E-state index contributed by atoms with van der Waals surface area (Å²) in [5.41, 5.74) is 0.306. The number of pyridine rings is 1. The van der Waals surface area contributed by atoms with Gasteiger partial charge >= 0.3 is 5.97 Å². The Bertz CT molecular complexity index is 649. The van der Waals surface area contributed by atoms with Gasteiger partial charge in [-0.1, -0.05) is 6.07 Å². The Morgan fingerprint density at radius 3 is 2.65 bits per heavy atom. The van der Waals surface area contributed by atoms with Crippen molar-refractivity contribution in [3.05, 3.63) is 36.0 Å². The molecule has 5 nitrogen and oxygen atoms in total. The summed E-state index contributed by atoms with van der Waals surface area (Å²) in [6, 6.07) is 7.12. The van der Waals surface area contributed by atoms with Crippen LogP contribution in [0, 0.1) is 0 Å². The van der Waals surface area contributed by atoms with E-state index < -0.39 is 5.97 Å². The first-order chi connectivity index (χ1) is 9.65. The Labute approximate surface area is 117 Å². The van der Waals surface area contributed by atoms with Gasteiger partial charge in [0.2, 0.25) is 0 Å². The van der Waals surface area contributed by atoms with Crippen LogP contribution in [0.4, 0.5) is 5.82 Å². The van der Waals surface area contributed by atoms with E-state index in [-0.39, 0.29) is 0 Å². The summed E-state index contributed by atoms with van der Waals surface area (Å²) in [6.45, 7) is 3.83. The van der Waals surface area contributed by atoms with Gasteiger partial charge in [-0.25, -0.2) is 9.78 Å². The lowest BCUT2D eigenvalue weighted by Crippen LogP contribution is -2.44. The fourth-order valence-corrected chi connectivity index (χ4v) is 2.56. The molecule has 0 aliphatic carbocycles. The van der Waals surface area contributed by atoms with Crippen molar-refractivity contribution in [1.82, 2.24) is 9.88 Å². The smallest absolute Gasteiger partial charge is 0.335 e. The largest absolute Gasteiger partial charge is 0.478 e. The van der Waals surface area contributed by atoms with Crippen LogP contribution in [0.1, 0.15) is 10.4 Å². The zero-order chi connectivity index (χ0) is 14.1. The molecule has 0 spiro atoms. The molecule has 20 heavy (non-hydrogen) atoms. The third-order valence-corrected chi connectivity index (χ3v) is 3.79. The lowest BCUT2D eigenvalue weighted by Gasteiger charge is -2.33. The van der Waals surface area contributed by atoms with E-state index in [2.05, 4.69) is 21.8 Å². The minimum absolute atomic E-state index is 0.306. The minimum atomic E-state index is -0.903. The van der Waals surface area contributed by atoms with Crippen LogP contribution in [0.15, 0.2) is 30.5 Å². The Hall–Kier alpha value is -2.14. The van der Waals surface area contributed by atoms with Crippen LogP contribution in [-0.2, 0) is 0 Å². The molecule has 3 rings (SSSR count). The molecule has 0 atom stereocenters. The SMILES string of the molecule is CN1CCN(c2nccc3ccc(C(=O)O)cc23)CC1. The average molecular weight is 271 g/mol. The number of nitrogens with zero attached hydrogens (tertiary/aromatic N) is 3. The third kappa shape index (κ3) is 2.32. The van der Waals surface area contributed by atoms with Gasteiger partial charge in [0.1, 0.15) is 5.82 Å². The maximum absolute atomic E-state index is 11.1.